The molecular formula is C16H20N2O5S. The van der Waals surface area contributed by atoms with Crippen LogP contribution in [-0.2, 0) is 25.5 Å². The number of esters is 1. The van der Waals surface area contributed by atoms with Crippen molar-refractivity contribution < 1.29 is 24.2 Å². The number of fused-ring (bicyclic) bond motifs is 2. The highest BCUT2D eigenvalue weighted by Crippen LogP contribution is 2.52. The zero-order chi connectivity index (χ0) is 17.3. The molecule has 8 heteroatoms. The van der Waals surface area contributed by atoms with E-state index in [9.17, 15) is 19.5 Å². The van der Waals surface area contributed by atoms with E-state index < -0.39 is 17.8 Å². The Morgan fingerprint density at radius 2 is 2.04 bits per heavy atom. The highest BCUT2D eigenvalue weighted by atomic mass is 32.1. The van der Waals surface area contributed by atoms with Gasteiger partial charge in [0, 0.05) is 5.38 Å². The van der Waals surface area contributed by atoms with Gasteiger partial charge in [-0.25, -0.2) is 4.98 Å². The predicted octanol–water partition coefficient (Wildman–Crippen LogP) is 1.93. The third-order valence-electron chi connectivity index (χ3n) is 4.92. The minimum Gasteiger partial charge on any atom is -0.481 e. The standard InChI is InChI=1S/C16H20N2O5S/c1-2-23-11(19)6-10-7-24-16(17-10)18-14(20)12-8-3-4-9(5-8)13(12)15(21)22/h7-9,12-13H,2-6H2,1H3,(H,21,22)(H,17,18,20)/t8-,9-,12-,13+/m0/s1. The third kappa shape index (κ3) is 3.28. The normalized spacial score (nSPS) is 27.9. The quantitative estimate of drug-likeness (QED) is 0.758. The second-order valence-corrected chi connectivity index (χ2v) is 7.20. The smallest absolute Gasteiger partial charge is 0.311 e. The van der Waals surface area contributed by atoms with Crippen molar-refractivity contribution in [3.8, 4) is 0 Å². The molecule has 0 aliphatic heterocycles. The molecule has 1 aromatic heterocycles. The molecular weight excluding hydrogens is 332 g/mol. The minimum absolute atomic E-state index is 0.0616. The summed E-state index contributed by atoms with van der Waals surface area (Å²) in [6.45, 7) is 2.05. The second-order valence-electron chi connectivity index (χ2n) is 6.34. The van der Waals surface area contributed by atoms with Crippen molar-refractivity contribution >= 4 is 34.3 Å². The number of carbonyl (C=O) groups excluding carboxylic acids is 2. The molecule has 0 radical (unpaired) electrons. The number of rotatable bonds is 6. The number of nitrogens with zero attached hydrogens (tertiary/aromatic N) is 1. The van der Waals surface area contributed by atoms with E-state index in [4.69, 9.17) is 4.74 Å². The van der Waals surface area contributed by atoms with Crippen LogP contribution in [0, 0.1) is 23.7 Å². The van der Waals surface area contributed by atoms with Crippen molar-refractivity contribution in [3.05, 3.63) is 11.1 Å². The van der Waals surface area contributed by atoms with Crippen molar-refractivity contribution in [1.82, 2.24) is 4.98 Å². The van der Waals surface area contributed by atoms with Gasteiger partial charge < -0.3 is 15.2 Å². The number of carboxylic acid groups (broad SMARTS) is 1. The Hall–Kier alpha value is -1.96. The van der Waals surface area contributed by atoms with Crippen LogP contribution in [0.1, 0.15) is 31.9 Å². The van der Waals surface area contributed by atoms with Crippen LogP contribution in [0.3, 0.4) is 0 Å². The minimum atomic E-state index is -0.885. The summed E-state index contributed by atoms with van der Waals surface area (Å²) in [4.78, 5) is 39.7. The van der Waals surface area contributed by atoms with E-state index in [2.05, 4.69) is 10.3 Å². The first-order valence-corrected chi connectivity index (χ1v) is 9.01. The maximum absolute atomic E-state index is 12.6. The SMILES string of the molecule is CCOC(=O)Cc1csc(NC(=O)[C@H]2[C@H]3CC[C@@H](C3)[C@H]2C(=O)O)n1. The Balaban J connectivity index is 1.64. The summed E-state index contributed by atoms with van der Waals surface area (Å²) < 4.78 is 4.86. The van der Waals surface area contributed by atoms with E-state index in [1.54, 1.807) is 12.3 Å². The van der Waals surface area contributed by atoms with Crippen molar-refractivity contribution in [2.45, 2.75) is 32.6 Å². The summed E-state index contributed by atoms with van der Waals surface area (Å²) in [6, 6.07) is 0. The average Bonchev–Trinajstić information content (AvgIpc) is 3.22. The molecule has 0 spiro atoms. The van der Waals surface area contributed by atoms with E-state index in [1.807, 2.05) is 0 Å². The lowest BCUT2D eigenvalue weighted by Crippen LogP contribution is -2.37. The molecule has 130 valence electrons. The van der Waals surface area contributed by atoms with Crippen LogP contribution < -0.4 is 5.32 Å². The fourth-order valence-corrected chi connectivity index (χ4v) is 4.73. The predicted molar refractivity (Wildman–Crippen MR) is 86.5 cm³/mol. The summed E-state index contributed by atoms with van der Waals surface area (Å²) in [5.74, 6) is -2.34. The highest BCUT2D eigenvalue weighted by molar-refractivity contribution is 7.13. The van der Waals surface area contributed by atoms with Gasteiger partial charge in [-0.1, -0.05) is 0 Å². The number of carboxylic acids is 1. The lowest BCUT2D eigenvalue weighted by Gasteiger charge is -2.26. The Labute approximate surface area is 143 Å². The summed E-state index contributed by atoms with van der Waals surface area (Å²) in [5, 5.41) is 14.3. The Morgan fingerprint density at radius 3 is 2.71 bits per heavy atom. The number of thiazole rings is 1. The summed E-state index contributed by atoms with van der Waals surface area (Å²) >= 11 is 1.23. The molecule has 3 rings (SSSR count). The van der Waals surface area contributed by atoms with Gasteiger partial charge in [0.1, 0.15) is 0 Å². The van der Waals surface area contributed by atoms with Gasteiger partial charge in [0.05, 0.1) is 30.6 Å². The first kappa shape index (κ1) is 16.9. The lowest BCUT2D eigenvalue weighted by atomic mass is 9.79. The molecule has 1 amide bonds. The van der Waals surface area contributed by atoms with Crippen molar-refractivity contribution in [3.63, 3.8) is 0 Å². The van der Waals surface area contributed by atoms with Crippen molar-refractivity contribution in [1.29, 1.82) is 0 Å². The fraction of sp³-hybridized carbons (Fsp3) is 0.625. The fourth-order valence-electron chi connectivity index (χ4n) is 4.02. The van der Waals surface area contributed by atoms with Gasteiger partial charge in [0.25, 0.3) is 0 Å². The number of hydrogen-bond acceptors (Lipinski definition) is 6. The van der Waals surface area contributed by atoms with E-state index in [1.165, 1.54) is 11.3 Å². The molecule has 2 bridgehead atoms. The summed E-state index contributed by atoms with van der Waals surface area (Å²) in [6.07, 6.45) is 2.69. The molecule has 2 N–H and O–H groups in total. The number of aromatic nitrogens is 1. The molecule has 0 unspecified atom stereocenters. The molecule has 0 aromatic carbocycles. The Bertz CT molecular complexity index is 659. The molecule has 1 aromatic rings. The second kappa shape index (κ2) is 6.88. The van der Waals surface area contributed by atoms with Gasteiger partial charge in [-0.05, 0) is 38.0 Å². The van der Waals surface area contributed by atoms with Crippen LogP contribution >= 0.6 is 11.3 Å². The van der Waals surface area contributed by atoms with E-state index in [-0.39, 0.29) is 30.1 Å². The van der Waals surface area contributed by atoms with Gasteiger partial charge in [0.2, 0.25) is 5.91 Å². The van der Waals surface area contributed by atoms with Gasteiger partial charge in [-0.3, -0.25) is 14.4 Å². The molecule has 2 fully saturated rings. The van der Waals surface area contributed by atoms with Crippen molar-refractivity contribution in [2.75, 3.05) is 11.9 Å². The molecule has 4 atom stereocenters. The van der Waals surface area contributed by atoms with Crippen molar-refractivity contribution in [2.24, 2.45) is 23.7 Å². The zero-order valence-corrected chi connectivity index (χ0v) is 14.2. The first-order chi connectivity index (χ1) is 11.5. The maximum Gasteiger partial charge on any atom is 0.311 e. The monoisotopic (exact) mass is 352 g/mol. The van der Waals surface area contributed by atoms with Crippen LogP contribution in [0.25, 0.3) is 0 Å². The zero-order valence-electron chi connectivity index (χ0n) is 13.4. The van der Waals surface area contributed by atoms with Crippen LogP contribution in [0.15, 0.2) is 5.38 Å². The number of amides is 1. The third-order valence-corrected chi connectivity index (χ3v) is 5.72. The maximum atomic E-state index is 12.6. The molecule has 0 saturated heterocycles. The number of aliphatic carboxylic acids is 1. The molecule has 1 heterocycles. The number of ether oxygens (including phenoxy) is 1. The van der Waals surface area contributed by atoms with Crippen LogP contribution in [0.2, 0.25) is 0 Å². The van der Waals surface area contributed by atoms with Gasteiger partial charge in [0.15, 0.2) is 5.13 Å². The van der Waals surface area contributed by atoms with Gasteiger partial charge in [-0.2, -0.15) is 0 Å². The van der Waals surface area contributed by atoms with E-state index >= 15 is 0 Å². The summed E-state index contributed by atoms with van der Waals surface area (Å²) in [7, 11) is 0. The number of anilines is 1. The number of hydrogen-bond donors (Lipinski definition) is 2. The van der Waals surface area contributed by atoms with Crippen LogP contribution in [0.4, 0.5) is 5.13 Å². The van der Waals surface area contributed by atoms with Gasteiger partial charge in [-0.15, -0.1) is 11.3 Å². The average molecular weight is 352 g/mol. The number of carbonyl (C=O) groups is 3. The molecule has 2 aliphatic carbocycles. The molecule has 2 aliphatic rings. The summed E-state index contributed by atoms with van der Waals surface area (Å²) in [5.41, 5.74) is 0.538. The Morgan fingerprint density at radius 1 is 1.33 bits per heavy atom. The number of nitrogens with one attached hydrogen (secondary N) is 1. The molecule has 24 heavy (non-hydrogen) atoms. The molecule has 2 saturated carbocycles. The highest BCUT2D eigenvalue weighted by Gasteiger charge is 2.54. The topological polar surface area (TPSA) is 106 Å². The van der Waals surface area contributed by atoms with Crippen LogP contribution in [-0.4, -0.2) is 34.5 Å². The first-order valence-electron chi connectivity index (χ1n) is 8.13. The molecule has 7 nitrogen and oxygen atoms in total. The lowest BCUT2D eigenvalue weighted by molar-refractivity contribution is -0.148. The van der Waals surface area contributed by atoms with Crippen LogP contribution in [0.5, 0.6) is 0 Å². The Kier molecular flexibility index (Phi) is 4.84. The largest absolute Gasteiger partial charge is 0.481 e. The van der Waals surface area contributed by atoms with E-state index in [0.717, 1.165) is 19.3 Å². The van der Waals surface area contributed by atoms with E-state index in [0.29, 0.717) is 17.4 Å². The van der Waals surface area contributed by atoms with Gasteiger partial charge >= 0.3 is 11.9 Å².